The summed E-state index contributed by atoms with van der Waals surface area (Å²) in [4.78, 5) is 34.5. The Morgan fingerprint density at radius 2 is 2.04 bits per heavy atom. The smallest absolute Gasteiger partial charge is 0.407 e. The Morgan fingerprint density at radius 1 is 1.32 bits per heavy atom. The SMILES string of the molecule is Cl.O=C(CCCn1c(=O)oc2cc([N+](=O)[O-])ccc21)NC1CC2CCC(C1)N2. The van der Waals surface area contributed by atoms with Gasteiger partial charge in [0.15, 0.2) is 5.58 Å². The van der Waals surface area contributed by atoms with E-state index in [1.165, 1.54) is 35.6 Å². The predicted molar refractivity (Wildman–Crippen MR) is 105 cm³/mol. The minimum Gasteiger partial charge on any atom is -0.407 e. The lowest BCUT2D eigenvalue weighted by atomic mass is 9.99. The third-order valence-electron chi connectivity index (χ3n) is 5.49. The van der Waals surface area contributed by atoms with Gasteiger partial charge in [0.05, 0.1) is 16.5 Å². The number of piperidine rings is 1. The summed E-state index contributed by atoms with van der Waals surface area (Å²) in [7, 11) is 0. The lowest BCUT2D eigenvalue weighted by Gasteiger charge is -2.29. The largest absolute Gasteiger partial charge is 0.419 e. The van der Waals surface area contributed by atoms with Crippen molar-refractivity contribution >= 4 is 35.1 Å². The first-order valence-corrected chi connectivity index (χ1v) is 9.33. The van der Waals surface area contributed by atoms with Crippen LogP contribution < -0.4 is 16.4 Å². The molecule has 4 rings (SSSR count). The number of hydrogen-bond acceptors (Lipinski definition) is 6. The fourth-order valence-corrected chi connectivity index (χ4v) is 4.25. The molecule has 152 valence electrons. The van der Waals surface area contributed by atoms with Gasteiger partial charge in [-0.05, 0) is 38.2 Å². The first kappa shape index (κ1) is 20.3. The number of nitro groups is 1. The van der Waals surface area contributed by atoms with Crippen LogP contribution in [-0.4, -0.2) is 33.5 Å². The average Bonchev–Trinajstić information content (AvgIpc) is 3.13. The second-order valence-electron chi connectivity index (χ2n) is 7.41. The Morgan fingerprint density at radius 3 is 2.71 bits per heavy atom. The number of hydrogen-bond donors (Lipinski definition) is 2. The van der Waals surface area contributed by atoms with Crippen molar-refractivity contribution < 1.29 is 14.1 Å². The number of carbonyl (C=O) groups excluding carboxylic acids is 1. The van der Waals surface area contributed by atoms with E-state index in [1.54, 1.807) is 0 Å². The first-order chi connectivity index (χ1) is 13.0. The van der Waals surface area contributed by atoms with E-state index < -0.39 is 10.7 Å². The molecule has 0 aliphatic carbocycles. The van der Waals surface area contributed by atoms with Crippen molar-refractivity contribution in [1.82, 2.24) is 15.2 Å². The van der Waals surface area contributed by atoms with E-state index in [-0.39, 0.29) is 35.6 Å². The molecule has 2 bridgehead atoms. The average molecular weight is 411 g/mol. The first-order valence-electron chi connectivity index (χ1n) is 9.33. The molecule has 1 aromatic carbocycles. The maximum absolute atomic E-state index is 12.2. The molecular formula is C18H23ClN4O5. The monoisotopic (exact) mass is 410 g/mol. The van der Waals surface area contributed by atoms with E-state index >= 15 is 0 Å². The second-order valence-corrected chi connectivity index (χ2v) is 7.41. The van der Waals surface area contributed by atoms with Gasteiger partial charge in [-0.2, -0.15) is 0 Å². The van der Waals surface area contributed by atoms with Gasteiger partial charge in [-0.1, -0.05) is 0 Å². The molecule has 0 radical (unpaired) electrons. The number of nitrogens with one attached hydrogen (secondary N) is 2. The summed E-state index contributed by atoms with van der Waals surface area (Å²) in [6.07, 6.45) is 5.15. The lowest BCUT2D eigenvalue weighted by molar-refractivity contribution is -0.384. The molecule has 2 atom stereocenters. The van der Waals surface area contributed by atoms with Gasteiger partial charge in [-0.3, -0.25) is 19.5 Å². The Kier molecular flexibility index (Phi) is 6.04. The van der Waals surface area contributed by atoms with Crippen LogP contribution in [0.25, 0.3) is 11.1 Å². The molecule has 10 heteroatoms. The molecule has 28 heavy (non-hydrogen) atoms. The van der Waals surface area contributed by atoms with Crippen LogP contribution in [0.15, 0.2) is 27.4 Å². The Balaban J connectivity index is 0.00000225. The number of nitrogens with zero attached hydrogens (tertiary/aromatic N) is 2. The fraction of sp³-hybridized carbons (Fsp3) is 0.556. The maximum Gasteiger partial charge on any atom is 0.419 e. The van der Waals surface area contributed by atoms with Crippen molar-refractivity contribution in [3.63, 3.8) is 0 Å². The van der Waals surface area contributed by atoms with E-state index in [2.05, 4.69) is 10.6 Å². The Bertz CT molecular complexity index is 928. The summed E-state index contributed by atoms with van der Waals surface area (Å²) in [6, 6.07) is 5.36. The van der Waals surface area contributed by atoms with Crippen LogP contribution in [0.5, 0.6) is 0 Å². The number of rotatable bonds is 6. The van der Waals surface area contributed by atoms with Crippen LogP contribution >= 0.6 is 12.4 Å². The van der Waals surface area contributed by atoms with E-state index in [9.17, 15) is 19.7 Å². The standard InChI is InChI=1S/C18H22N4O5.ClH/c23-17(20-13-8-11-3-4-12(9-13)19-11)2-1-7-21-15-6-5-14(22(25)26)10-16(15)27-18(21)24;/h5-6,10-13,19H,1-4,7-9H2,(H,20,23);1H. The topological polar surface area (TPSA) is 119 Å². The number of fused-ring (bicyclic) bond motifs is 3. The number of aryl methyl sites for hydroxylation is 1. The number of amides is 1. The highest BCUT2D eigenvalue weighted by molar-refractivity contribution is 5.85. The van der Waals surface area contributed by atoms with Crippen LogP contribution in [-0.2, 0) is 11.3 Å². The molecule has 2 aliphatic rings. The lowest BCUT2D eigenvalue weighted by Crippen LogP contribution is -2.48. The summed E-state index contributed by atoms with van der Waals surface area (Å²) in [5.74, 6) is -0.571. The van der Waals surface area contributed by atoms with Gasteiger partial charge >= 0.3 is 5.76 Å². The summed E-state index contributed by atoms with van der Waals surface area (Å²) in [6.45, 7) is 0.328. The predicted octanol–water partition coefficient (Wildman–Crippen LogP) is 2.10. The maximum atomic E-state index is 12.2. The molecular weight excluding hydrogens is 388 g/mol. The van der Waals surface area contributed by atoms with Crippen molar-refractivity contribution in [2.24, 2.45) is 0 Å². The quantitative estimate of drug-likeness (QED) is 0.556. The zero-order valence-electron chi connectivity index (χ0n) is 15.3. The molecule has 1 amide bonds. The summed E-state index contributed by atoms with van der Waals surface area (Å²) in [5.41, 5.74) is 0.559. The highest BCUT2D eigenvalue weighted by Gasteiger charge is 2.33. The summed E-state index contributed by atoms with van der Waals surface area (Å²) < 4.78 is 6.51. The molecule has 2 aliphatic heterocycles. The molecule has 9 nitrogen and oxygen atoms in total. The van der Waals surface area contributed by atoms with Crippen LogP contribution in [0.2, 0.25) is 0 Å². The normalized spacial score (nSPS) is 23.4. The zero-order valence-corrected chi connectivity index (χ0v) is 16.1. The third-order valence-corrected chi connectivity index (χ3v) is 5.49. The van der Waals surface area contributed by atoms with Crippen molar-refractivity contribution in [3.8, 4) is 0 Å². The highest BCUT2D eigenvalue weighted by atomic mass is 35.5. The summed E-state index contributed by atoms with van der Waals surface area (Å²) in [5, 5.41) is 17.5. The van der Waals surface area contributed by atoms with Crippen LogP contribution in [0.4, 0.5) is 5.69 Å². The van der Waals surface area contributed by atoms with E-state index in [1.807, 2.05) is 0 Å². The molecule has 2 fully saturated rings. The fourth-order valence-electron chi connectivity index (χ4n) is 4.25. The van der Waals surface area contributed by atoms with Crippen molar-refractivity contribution in [1.29, 1.82) is 0 Å². The number of carbonyl (C=O) groups is 1. The van der Waals surface area contributed by atoms with Crippen molar-refractivity contribution in [2.75, 3.05) is 0 Å². The molecule has 1 aromatic heterocycles. The molecule has 2 N–H and O–H groups in total. The highest BCUT2D eigenvalue weighted by Crippen LogP contribution is 2.26. The van der Waals surface area contributed by atoms with E-state index in [4.69, 9.17) is 4.42 Å². The molecule has 0 spiro atoms. The van der Waals surface area contributed by atoms with Gasteiger partial charge in [0.25, 0.3) is 5.69 Å². The molecule has 2 saturated heterocycles. The van der Waals surface area contributed by atoms with Gasteiger partial charge in [0.1, 0.15) is 0 Å². The third kappa shape index (κ3) is 4.20. The number of nitro benzene ring substituents is 1. The molecule has 0 saturated carbocycles. The second kappa shape index (κ2) is 8.32. The molecule has 2 unspecified atom stereocenters. The van der Waals surface area contributed by atoms with Gasteiger partial charge in [0.2, 0.25) is 5.91 Å². The van der Waals surface area contributed by atoms with Crippen molar-refractivity contribution in [2.45, 2.75) is 63.2 Å². The van der Waals surface area contributed by atoms with E-state index in [0.29, 0.717) is 37.0 Å². The number of non-ortho nitro benzene ring substituents is 1. The Hall–Kier alpha value is -2.39. The van der Waals surface area contributed by atoms with Crippen LogP contribution in [0.3, 0.4) is 0 Å². The number of aromatic nitrogens is 1. The minimum atomic E-state index is -0.569. The zero-order chi connectivity index (χ0) is 19.0. The summed E-state index contributed by atoms with van der Waals surface area (Å²) >= 11 is 0. The van der Waals surface area contributed by atoms with Gasteiger partial charge in [-0.15, -0.1) is 12.4 Å². The van der Waals surface area contributed by atoms with Gasteiger partial charge in [0, 0.05) is 37.2 Å². The molecule has 3 heterocycles. The minimum absolute atomic E-state index is 0. The Labute approximate surface area is 167 Å². The van der Waals surface area contributed by atoms with Gasteiger partial charge in [-0.25, -0.2) is 4.79 Å². The van der Waals surface area contributed by atoms with E-state index in [0.717, 1.165) is 12.8 Å². The number of benzene rings is 1. The molecule has 2 aromatic rings. The van der Waals surface area contributed by atoms with Crippen LogP contribution in [0, 0.1) is 10.1 Å². The van der Waals surface area contributed by atoms with Crippen molar-refractivity contribution in [3.05, 3.63) is 38.9 Å². The van der Waals surface area contributed by atoms with Crippen LogP contribution in [0.1, 0.15) is 38.5 Å². The van der Waals surface area contributed by atoms with Gasteiger partial charge < -0.3 is 15.1 Å². The number of halogens is 1. The number of oxazole rings is 1.